The van der Waals surface area contributed by atoms with Crippen LogP contribution in [-0.4, -0.2) is 17.3 Å². The van der Waals surface area contributed by atoms with Crippen LogP contribution in [0, 0.1) is 0 Å². The summed E-state index contributed by atoms with van der Waals surface area (Å²) in [5.41, 5.74) is 6.02. The van der Waals surface area contributed by atoms with Crippen molar-refractivity contribution in [3.63, 3.8) is 0 Å². The normalized spacial score (nSPS) is 14.3. The van der Waals surface area contributed by atoms with Gasteiger partial charge in [-0.05, 0) is 40.8 Å². The molecule has 2 aromatic carbocycles. The van der Waals surface area contributed by atoms with Crippen LogP contribution in [0.1, 0.15) is 57.1 Å². The van der Waals surface area contributed by atoms with Crippen molar-refractivity contribution in [3.05, 3.63) is 59.7 Å². The molecule has 0 saturated heterocycles. The standard InChI is InChI=1S/C23H30S2/c1-3-5-15-23(25-18-17-24-16-6-4-2)21-13-9-7-11-19(21)20-12-8-10-14-22(20)23/h7-14H,3-6,15-18H2,1-2H3. The van der Waals surface area contributed by atoms with Crippen molar-refractivity contribution in [1.82, 2.24) is 0 Å². The van der Waals surface area contributed by atoms with E-state index in [4.69, 9.17) is 0 Å². The molecule has 0 saturated carbocycles. The number of rotatable bonds is 10. The molecule has 1 aliphatic carbocycles. The molecule has 134 valence electrons. The third-order valence-corrected chi connectivity index (χ3v) is 7.99. The Hall–Kier alpha value is -0.860. The van der Waals surface area contributed by atoms with Crippen molar-refractivity contribution >= 4 is 23.5 Å². The number of hydrogen-bond acceptors (Lipinski definition) is 2. The molecule has 0 aliphatic heterocycles. The first kappa shape index (κ1) is 18.9. The summed E-state index contributed by atoms with van der Waals surface area (Å²) in [7, 11) is 0. The van der Waals surface area contributed by atoms with Crippen LogP contribution >= 0.6 is 23.5 Å². The van der Waals surface area contributed by atoms with Crippen molar-refractivity contribution in [2.24, 2.45) is 0 Å². The van der Waals surface area contributed by atoms with Gasteiger partial charge in [-0.2, -0.15) is 11.8 Å². The maximum Gasteiger partial charge on any atom is 0.0669 e. The summed E-state index contributed by atoms with van der Waals surface area (Å²) in [6.45, 7) is 4.59. The molecular weight excluding hydrogens is 340 g/mol. The summed E-state index contributed by atoms with van der Waals surface area (Å²) in [6.07, 6.45) is 6.46. The number of thioether (sulfide) groups is 2. The summed E-state index contributed by atoms with van der Waals surface area (Å²) in [6, 6.07) is 18.2. The minimum atomic E-state index is 0.161. The number of benzene rings is 2. The van der Waals surface area contributed by atoms with Gasteiger partial charge < -0.3 is 0 Å². The largest absolute Gasteiger partial charge is 0.161 e. The fourth-order valence-corrected chi connectivity index (χ4v) is 6.64. The minimum Gasteiger partial charge on any atom is -0.161 e. The second kappa shape index (κ2) is 9.19. The van der Waals surface area contributed by atoms with E-state index in [2.05, 4.69) is 85.9 Å². The Morgan fingerprint density at radius 3 is 1.92 bits per heavy atom. The predicted molar refractivity (Wildman–Crippen MR) is 117 cm³/mol. The summed E-state index contributed by atoms with van der Waals surface area (Å²) in [5, 5.41) is 0. The molecule has 0 radical (unpaired) electrons. The van der Waals surface area contributed by atoms with Crippen LogP contribution in [0.25, 0.3) is 11.1 Å². The molecule has 25 heavy (non-hydrogen) atoms. The van der Waals surface area contributed by atoms with E-state index in [1.54, 1.807) is 11.1 Å². The van der Waals surface area contributed by atoms with Gasteiger partial charge in [-0.25, -0.2) is 0 Å². The molecule has 0 fully saturated rings. The van der Waals surface area contributed by atoms with E-state index in [0.29, 0.717) is 0 Å². The molecule has 3 rings (SSSR count). The molecule has 0 unspecified atom stereocenters. The van der Waals surface area contributed by atoms with E-state index in [-0.39, 0.29) is 4.75 Å². The lowest BCUT2D eigenvalue weighted by atomic mass is 9.90. The molecule has 1 aliphatic rings. The average Bonchev–Trinajstić information content (AvgIpc) is 2.94. The number of unbranched alkanes of at least 4 members (excludes halogenated alkanes) is 2. The highest BCUT2D eigenvalue weighted by atomic mass is 32.2. The Morgan fingerprint density at radius 2 is 1.32 bits per heavy atom. The minimum absolute atomic E-state index is 0.161. The lowest BCUT2D eigenvalue weighted by Crippen LogP contribution is -2.22. The molecular formula is C23H30S2. The van der Waals surface area contributed by atoms with Gasteiger partial charge >= 0.3 is 0 Å². The van der Waals surface area contributed by atoms with Crippen molar-refractivity contribution < 1.29 is 0 Å². The second-order valence-corrected chi connectivity index (χ2v) is 9.45. The highest BCUT2D eigenvalue weighted by Gasteiger charge is 2.42. The van der Waals surface area contributed by atoms with E-state index >= 15 is 0 Å². The Morgan fingerprint density at radius 1 is 0.720 bits per heavy atom. The fourth-order valence-electron chi connectivity index (χ4n) is 3.83. The van der Waals surface area contributed by atoms with E-state index in [1.807, 2.05) is 0 Å². The molecule has 0 aromatic heterocycles. The molecule has 0 nitrogen and oxygen atoms in total. The zero-order valence-electron chi connectivity index (χ0n) is 15.6. The number of hydrogen-bond donors (Lipinski definition) is 0. The Labute approximate surface area is 162 Å². The Bertz CT molecular complexity index is 632. The molecule has 0 N–H and O–H groups in total. The first-order valence-electron chi connectivity index (χ1n) is 9.74. The lowest BCUT2D eigenvalue weighted by Gasteiger charge is -2.32. The van der Waals surface area contributed by atoms with Gasteiger partial charge in [0.25, 0.3) is 0 Å². The fraction of sp³-hybridized carbons (Fsp3) is 0.478. The lowest BCUT2D eigenvalue weighted by molar-refractivity contribution is 0.618. The van der Waals surface area contributed by atoms with Gasteiger partial charge in [0.15, 0.2) is 0 Å². The first-order valence-corrected chi connectivity index (χ1v) is 11.9. The topological polar surface area (TPSA) is 0 Å². The zero-order chi connectivity index (χ0) is 17.5. The van der Waals surface area contributed by atoms with Crippen LogP contribution in [-0.2, 0) is 4.75 Å². The molecule has 0 bridgehead atoms. The van der Waals surface area contributed by atoms with E-state index < -0.39 is 0 Å². The van der Waals surface area contributed by atoms with Gasteiger partial charge in [0, 0.05) is 11.5 Å². The maximum atomic E-state index is 2.38. The summed E-state index contributed by atoms with van der Waals surface area (Å²) in [5.74, 6) is 3.82. The van der Waals surface area contributed by atoms with E-state index in [0.717, 1.165) is 0 Å². The van der Waals surface area contributed by atoms with Crippen LogP contribution in [0.5, 0.6) is 0 Å². The van der Waals surface area contributed by atoms with Gasteiger partial charge in [-0.3, -0.25) is 0 Å². The first-order chi connectivity index (χ1) is 12.3. The van der Waals surface area contributed by atoms with Crippen LogP contribution in [0.3, 0.4) is 0 Å². The van der Waals surface area contributed by atoms with Crippen molar-refractivity contribution in [2.45, 2.75) is 50.7 Å². The molecule has 0 spiro atoms. The zero-order valence-corrected chi connectivity index (χ0v) is 17.2. The quantitative estimate of drug-likeness (QED) is 0.400. The Kier molecular flexibility index (Phi) is 6.95. The highest BCUT2D eigenvalue weighted by molar-refractivity contribution is 8.03. The second-order valence-electron chi connectivity index (χ2n) is 6.84. The summed E-state index contributed by atoms with van der Waals surface area (Å²) >= 11 is 4.32. The monoisotopic (exact) mass is 370 g/mol. The molecule has 0 heterocycles. The van der Waals surface area contributed by atoms with Crippen molar-refractivity contribution in [1.29, 1.82) is 0 Å². The Balaban J connectivity index is 1.86. The average molecular weight is 371 g/mol. The van der Waals surface area contributed by atoms with Gasteiger partial charge in [0.2, 0.25) is 0 Å². The van der Waals surface area contributed by atoms with Crippen molar-refractivity contribution in [3.8, 4) is 11.1 Å². The summed E-state index contributed by atoms with van der Waals surface area (Å²) in [4.78, 5) is 0. The smallest absolute Gasteiger partial charge is 0.0669 e. The molecule has 0 atom stereocenters. The third kappa shape index (κ3) is 3.95. The maximum absolute atomic E-state index is 2.38. The van der Waals surface area contributed by atoms with E-state index in [1.165, 1.54) is 60.5 Å². The van der Waals surface area contributed by atoms with Gasteiger partial charge in [-0.15, -0.1) is 11.8 Å². The molecule has 2 aromatic rings. The molecule has 0 amide bonds. The predicted octanol–water partition coefficient (Wildman–Crippen LogP) is 7.37. The third-order valence-electron chi connectivity index (χ3n) is 5.12. The van der Waals surface area contributed by atoms with Crippen LogP contribution < -0.4 is 0 Å². The SMILES string of the molecule is CCCCSCCSC1(CCCC)c2ccccc2-c2ccccc21. The van der Waals surface area contributed by atoms with E-state index in [9.17, 15) is 0 Å². The van der Waals surface area contributed by atoms with Gasteiger partial charge in [0.05, 0.1) is 4.75 Å². The van der Waals surface area contributed by atoms with Crippen molar-refractivity contribution in [2.75, 3.05) is 17.3 Å². The summed E-state index contributed by atoms with van der Waals surface area (Å²) < 4.78 is 0.161. The van der Waals surface area contributed by atoms with Gasteiger partial charge in [-0.1, -0.05) is 81.6 Å². The van der Waals surface area contributed by atoms with Crippen LogP contribution in [0.2, 0.25) is 0 Å². The molecule has 2 heteroatoms. The van der Waals surface area contributed by atoms with Crippen LogP contribution in [0.4, 0.5) is 0 Å². The number of fused-ring (bicyclic) bond motifs is 3. The van der Waals surface area contributed by atoms with Crippen LogP contribution in [0.15, 0.2) is 48.5 Å². The highest BCUT2D eigenvalue weighted by Crippen LogP contribution is 2.57. The van der Waals surface area contributed by atoms with Gasteiger partial charge in [0.1, 0.15) is 0 Å².